The van der Waals surface area contributed by atoms with Crippen molar-refractivity contribution in [1.82, 2.24) is 9.13 Å². The predicted molar refractivity (Wildman–Crippen MR) is 227 cm³/mol. The summed E-state index contributed by atoms with van der Waals surface area (Å²) in [6.45, 7) is 13.9. The molecule has 0 N–H and O–H groups in total. The lowest BCUT2D eigenvalue weighted by Crippen LogP contribution is -2.42. The molecule has 0 saturated heterocycles. The van der Waals surface area contributed by atoms with Crippen molar-refractivity contribution >= 4 is 86.7 Å². The van der Waals surface area contributed by atoms with Gasteiger partial charge >= 0.3 is 0 Å². The summed E-state index contributed by atoms with van der Waals surface area (Å²) in [5.41, 5.74) is 6.81. The minimum Gasteiger partial charge on any atom is -0.307 e. The molecule has 0 aliphatic heterocycles. The Morgan fingerprint density at radius 1 is 0.358 bits per heavy atom. The lowest BCUT2D eigenvalue weighted by Gasteiger charge is -2.44. The summed E-state index contributed by atoms with van der Waals surface area (Å²) in [5.74, 6) is 0. The highest BCUT2D eigenvalue weighted by atomic mass is 15.1. The van der Waals surface area contributed by atoms with Crippen LogP contribution in [0, 0.1) is 5.41 Å². The Labute approximate surface area is 311 Å². The number of rotatable bonds is 2. The third-order valence-corrected chi connectivity index (χ3v) is 14.4. The van der Waals surface area contributed by atoms with Crippen molar-refractivity contribution in [2.45, 2.75) is 52.4 Å². The highest BCUT2D eigenvalue weighted by Gasteiger charge is 2.57. The second-order valence-electron chi connectivity index (χ2n) is 17.1. The van der Waals surface area contributed by atoms with Crippen molar-refractivity contribution in [1.29, 1.82) is 0 Å². The third-order valence-electron chi connectivity index (χ3n) is 14.4. The molecule has 2 heteroatoms. The standard InChI is InChI=1S/C51H40N2/c1-49(2)37-27-43(52-39-23-11-19-33-29-15-7-8-16-30(29)34-20-12-24-40(52)46(34)45(33)39)44(28-38(37)50(3,4)51(49,5)6)53-41-25-13-21-35-31-17-9-10-18-32(31)36-22-14-26-42(53)48(36)47(35)41/h7-28H,1-6H3/i27D,28D. The highest BCUT2D eigenvalue weighted by Crippen LogP contribution is 2.62. The van der Waals surface area contributed by atoms with Crippen LogP contribution < -0.4 is 0 Å². The Morgan fingerprint density at radius 2 is 0.623 bits per heavy atom. The number of hydrogen-bond donors (Lipinski definition) is 0. The van der Waals surface area contributed by atoms with Crippen molar-refractivity contribution in [3.63, 3.8) is 0 Å². The van der Waals surface area contributed by atoms with Crippen LogP contribution in [-0.4, -0.2) is 9.13 Å². The Balaban J connectivity index is 1.37. The molecule has 2 heterocycles. The Bertz CT molecular complexity index is 3080. The molecule has 2 aromatic heterocycles. The van der Waals surface area contributed by atoms with Crippen molar-refractivity contribution in [3.05, 3.63) is 145 Å². The molecule has 1 aliphatic rings. The summed E-state index contributed by atoms with van der Waals surface area (Å²) in [5, 5.41) is 14.6. The fraction of sp³-hybridized carbons (Fsp3) is 0.176. The van der Waals surface area contributed by atoms with Crippen LogP contribution in [0.3, 0.4) is 0 Å². The van der Waals surface area contributed by atoms with Crippen LogP contribution in [0.2, 0.25) is 0 Å². The van der Waals surface area contributed by atoms with E-state index >= 15 is 0 Å². The van der Waals surface area contributed by atoms with Gasteiger partial charge in [-0.1, -0.05) is 139 Å². The van der Waals surface area contributed by atoms with Gasteiger partial charge in [0.05, 0.1) is 36.2 Å². The van der Waals surface area contributed by atoms with Gasteiger partial charge in [0.25, 0.3) is 0 Å². The van der Waals surface area contributed by atoms with Gasteiger partial charge in [-0.3, -0.25) is 0 Å². The molecule has 0 fully saturated rings. The minimum atomic E-state index is -0.378. The second kappa shape index (κ2) is 9.38. The zero-order chi connectivity index (χ0) is 37.5. The molecule has 1 aliphatic carbocycles. The van der Waals surface area contributed by atoms with E-state index in [9.17, 15) is 2.74 Å². The van der Waals surface area contributed by atoms with E-state index in [1.54, 1.807) is 0 Å². The number of nitrogens with zero attached hydrogens (tertiary/aromatic N) is 2. The Hall–Kier alpha value is -5.86. The summed E-state index contributed by atoms with van der Waals surface area (Å²) in [6, 6.07) is 45.1. The number of aromatic nitrogens is 2. The molecule has 0 radical (unpaired) electrons. The summed E-state index contributed by atoms with van der Waals surface area (Å²) in [7, 11) is 0. The summed E-state index contributed by atoms with van der Waals surface area (Å²) in [4.78, 5) is 0. The molecule has 0 amide bonds. The van der Waals surface area contributed by atoms with Gasteiger partial charge < -0.3 is 9.13 Å². The van der Waals surface area contributed by atoms with E-state index in [0.29, 0.717) is 12.1 Å². The average Bonchev–Trinajstić information content (AvgIpc) is 3.74. The summed E-state index contributed by atoms with van der Waals surface area (Å²) >= 11 is 0. The number of hydrogen-bond acceptors (Lipinski definition) is 0. The lowest BCUT2D eigenvalue weighted by molar-refractivity contribution is 0.125. The van der Waals surface area contributed by atoms with E-state index in [2.05, 4.69) is 172 Å². The van der Waals surface area contributed by atoms with E-state index in [-0.39, 0.29) is 16.2 Å². The molecule has 53 heavy (non-hydrogen) atoms. The van der Waals surface area contributed by atoms with E-state index in [1.165, 1.54) is 64.6 Å². The molecule has 0 atom stereocenters. The molecular formula is C51H40N2. The quantitative estimate of drug-likeness (QED) is 0.161. The summed E-state index contributed by atoms with van der Waals surface area (Å²) in [6.07, 6.45) is 0. The first-order chi connectivity index (χ1) is 26.5. The van der Waals surface area contributed by atoms with Crippen LogP contribution in [0.15, 0.2) is 133 Å². The van der Waals surface area contributed by atoms with Gasteiger partial charge in [0.15, 0.2) is 0 Å². The molecule has 9 aromatic carbocycles. The average molecular weight is 683 g/mol. The maximum absolute atomic E-state index is 10.7. The SMILES string of the molecule is [2H]c1c(-n2c3cccc4c5ccccc5c5cccc2c5c43)c(-n2c3cccc4c5ccccc5c5cccc2c5c43)c([2H])c2c1C(C)(C)C(C)(C)C2(C)C. The van der Waals surface area contributed by atoms with Crippen LogP contribution in [0.25, 0.3) is 98.1 Å². The van der Waals surface area contributed by atoms with E-state index in [1.807, 2.05) is 0 Å². The van der Waals surface area contributed by atoms with E-state index in [4.69, 9.17) is 0 Å². The van der Waals surface area contributed by atoms with Gasteiger partial charge in [0.2, 0.25) is 0 Å². The molecule has 0 unspecified atom stereocenters. The largest absolute Gasteiger partial charge is 0.307 e. The van der Waals surface area contributed by atoms with E-state index < -0.39 is 0 Å². The van der Waals surface area contributed by atoms with Crippen LogP contribution in [0.5, 0.6) is 0 Å². The van der Waals surface area contributed by atoms with Gasteiger partial charge in [0.1, 0.15) is 0 Å². The monoisotopic (exact) mass is 682 g/mol. The fourth-order valence-electron chi connectivity index (χ4n) is 10.6. The van der Waals surface area contributed by atoms with Gasteiger partial charge in [-0.25, -0.2) is 0 Å². The Morgan fingerprint density at radius 3 is 0.906 bits per heavy atom. The maximum atomic E-state index is 10.7. The molecule has 0 spiro atoms. The van der Waals surface area contributed by atoms with Crippen molar-refractivity contribution < 1.29 is 2.74 Å². The summed E-state index contributed by atoms with van der Waals surface area (Å²) < 4.78 is 26.0. The molecule has 12 rings (SSSR count). The van der Waals surface area contributed by atoms with Crippen LogP contribution in [0.1, 0.15) is 55.4 Å². The van der Waals surface area contributed by atoms with Gasteiger partial charge in [-0.2, -0.15) is 0 Å². The van der Waals surface area contributed by atoms with Gasteiger partial charge in [-0.05, 0) is 107 Å². The van der Waals surface area contributed by atoms with Crippen LogP contribution in [-0.2, 0) is 10.8 Å². The first kappa shape index (κ1) is 27.7. The van der Waals surface area contributed by atoms with Crippen molar-refractivity contribution in [2.75, 3.05) is 0 Å². The number of fused-ring (bicyclic) bond motifs is 7. The third kappa shape index (κ3) is 3.26. The molecule has 2 nitrogen and oxygen atoms in total. The van der Waals surface area contributed by atoms with Crippen molar-refractivity contribution in [2.24, 2.45) is 5.41 Å². The van der Waals surface area contributed by atoms with Crippen LogP contribution in [0.4, 0.5) is 0 Å². The molecule has 254 valence electrons. The zero-order valence-electron chi connectivity index (χ0n) is 32.9. The molecule has 11 aromatic rings. The minimum absolute atomic E-state index is 0.235. The zero-order valence-corrected chi connectivity index (χ0v) is 30.9. The fourth-order valence-corrected chi connectivity index (χ4v) is 10.6. The first-order valence-electron chi connectivity index (χ1n) is 20.0. The maximum Gasteiger partial charge on any atom is 0.0706 e. The smallest absolute Gasteiger partial charge is 0.0706 e. The second-order valence-corrected chi connectivity index (χ2v) is 17.1. The lowest BCUT2D eigenvalue weighted by atomic mass is 9.59. The van der Waals surface area contributed by atoms with E-state index in [0.717, 1.165) is 44.6 Å². The highest BCUT2D eigenvalue weighted by molar-refractivity contribution is 6.36. The van der Waals surface area contributed by atoms with Crippen molar-refractivity contribution in [3.8, 4) is 11.4 Å². The Kier molecular flexibility index (Phi) is 4.91. The normalized spacial score (nSPS) is 17.1. The topological polar surface area (TPSA) is 9.86 Å². The van der Waals surface area contributed by atoms with Gasteiger partial charge in [0, 0.05) is 21.5 Å². The van der Waals surface area contributed by atoms with Crippen LogP contribution >= 0.6 is 0 Å². The predicted octanol–water partition coefficient (Wildman–Crippen LogP) is 14.0. The first-order valence-corrected chi connectivity index (χ1v) is 19.0. The number of benzene rings is 9. The van der Waals surface area contributed by atoms with Gasteiger partial charge in [-0.15, -0.1) is 0 Å². The molecule has 0 bridgehead atoms. The molecule has 0 saturated carbocycles. The molecular weight excluding hydrogens is 641 g/mol.